The van der Waals surface area contributed by atoms with Gasteiger partial charge in [-0.1, -0.05) is 29.8 Å². The number of hydrogen-bond acceptors (Lipinski definition) is 3. The number of amides is 1. The van der Waals surface area contributed by atoms with Gasteiger partial charge in [-0.25, -0.2) is 9.97 Å². The lowest BCUT2D eigenvalue weighted by Crippen LogP contribution is -2.14. The fraction of sp³-hybridized carbons (Fsp3) is 0.167. The van der Waals surface area contributed by atoms with Crippen molar-refractivity contribution in [1.29, 1.82) is 0 Å². The number of fused-ring (bicyclic) bond motifs is 1. The first-order valence-corrected chi connectivity index (χ1v) is 7.69. The third-order valence-electron chi connectivity index (χ3n) is 3.67. The van der Waals surface area contributed by atoms with E-state index in [1.807, 2.05) is 50.2 Å². The molecule has 0 bridgehead atoms. The van der Waals surface area contributed by atoms with Gasteiger partial charge in [0.15, 0.2) is 0 Å². The van der Waals surface area contributed by atoms with Crippen molar-refractivity contribution in [2.75, 3.05) is 5.32 Å². The predicted molar refractivity (Wildman–Crippen MR) is 92.8 cm³/mol. The summed E-state index contributed by atoms with van der Waals surface area (Å²) in [5.74, 6) is -0.116. The fourth-order valence-corrected chi connectivity index (χ4v) is 2.53. The maximum atomic E-state index is 12.2. The SMILES string of the molecule is Cc1nc2ccc(NC(=O)Cc3ccccc3Cl)cc2nc1C. The first-order chi connectivity index (χ1) is 11.0. The Hall–Kier alpha value is -2.46. The average molecular weight is 326 g/mol. The molecule has 1 amide bonds. The zero-order chi connectivity index (χ0) is 16.4. The van der Waals surface area contributed by atoms with Crippen LogP contribution >= 0.6 is 11.6 Å². The summed E-state index contributed by atoms with van der Waals surface area (Å²) in [5.41, 5.74) is 4.89. The number of benzene rings is 2. The number of carbonyl (C=O) groups excluding carboxylic acids is 1. The molecule has 1 aromatic heterocycles. The topological polar surface area (TPSA) is 54.9 Å². The van der Waals surface area contributed by atoms with E-state index in [-0.39, 0.29) is 12.3 Å². The van der Waals surface area contributed by atoms with Crippen molar-refractivity contribution in [2.45, 2.75) is 20.3 Å². The molecule has 0 fully saturated rings. The van der Waals surface area contributed by atoms with Crippen molar-refractivity contribution < 1.29 is 4.79 Å². The van der Waals surface area contributed by atoms with Gasteiger partial charge in [-0.15, -0.1) is 0 Å². The number of halogens is 1. The molecule has 0 spiro atoms. The van der Waals surface area contributed by atoms with Crippen LogP contribution in [0.25, 0.3) is 11.0 Å². The molecule has 0 aliphatic heterocycles. The molecular formula is C18H16ClN3O. The standard InChI is InChI=1S/C18H16ClN3O/c1-11-12(2)21-17-10-14(7-8-16(17)20-11)22-18(23)9-13-5-3-4-6-15(13)19/h3-8,10H,9H2,1-2H3,(H,22,23). The van der Waals surface area contributed by atoms with Crippen LogP contribution in [-0.4, -0.2) is 15.9 Å². The second-order valence-electron chi connectivity index (χ2n) is 5.41. The molecule has 0 saturated heterocycles. The van der Waals surface area contributed by atoms with Crippen molar-refractivity contribution in [3.63, 3.8) is 0 Å². The molecule has 116 valence electrons. The molecule has 0 saturated carbocycles. The van der Waals surface area contributed by atoms with E-state index in [2.05, 4.69) is 15.3 Å². The van der Waals surface area contributed by atoms with Crippen LogP contribution in [0, 0.1) is 13.8 Å². The third kappa shape index (κ3) is 3.48. The Morgan fingerprint density at radius 1 is 1.04 bits per heavy atom. The third-order valence-corrected chi connectivity index (χ3v) is 4.04. The maximum absolute atomic E-state index is 12.2. The van der Waals surface area contributed by atoms with Gasteiger partial charge in [-0.05, 0) is 43.7 Å². The van der Waals surface area contributed by atoms with Crippen molar-refractivity contribution in [3.8, 4) is 0 Å². The van der Waals surface area contributed by atoms with Crippen molar-refractivity contribution >= 4 is 34.2 Å². The monoisotopic (exact) mass is 325 g/mol. The molecule has 5 heteroatoms. The number of aryl methyl sites for hydroxylation is 2. The van der Waals surface area contributed by atoms with E-state index in [4.69, 9.17) is 11.6 Å². The highest BCUT2D eigenvalue weighted by Crippen LogP contribution is 2.19. The number of rotatable bonds is 3. The molecule has 0 atom stereocenters. The summed E-state index contributed by atoms with van der Waals surface area (Å²) in [6.07, 6.45) is 0.232. The van der Waals surface area contributed by atoms with E-state index in [0.717, 1.165) is 28.0 Å². The van der Waals surface area contributed by atoms with Crippen molar-refractivity contribution in [1.82, 2.24) is 9.97 Å². The largest absolute Gasteiger partial charge is 0.326 e. The maximum Gasteiger partial charge on any atom is 0.228 e. The highest BCUT2D eigenvalue weighted by Gasteiger charge is 2.08. The van der Waals surface area contributed by atoms with Gasteiger partial charge in [-0.3, -0.25) is 4.79 Å². The highest BCUT2D eigenvalue weighted by atomic mass is 35.5. The summed E-state index contributed by atoms with van der Waals surface area (Å²) in [4.78, 5) is 21.2. The number of nitrogens with zero attached hydrogens (tertiary/aromatic N) is 2. The van der Waals surface area contributed by atoms with Gasteiger partial charge in [0.25, 0.3) is 0 Å². The minimum Gasteiger partial charge on any atom is -0.326 e. The summed E-state index contributed by atoms with van der Waals surface area (Å²) in [6, 6.07) is 12.9. The molecule has 0 aliphatic rings. The van der Waals surface area contributed by atoms with Crippen LogP contribution in [0.1, 0.15) is 17.0 Å². The Morgan fingerprint density at radius 2 is 1.74 bits per heavy atom. The smallest absolute Gasteiger partial charge is 0.228 e. The van der Waals surface area contributed by atoms with E-state index >= 15 is 0 Å². The normalized spacial score (nSPS) is 10.7. The van der Waals surface area contributed by atoms with Crippen molar-refractivity contribution in [2.24, 2.45) is 0 Å². The molecule has 3 rings (SSSR count). The second-order valence-corrected chi connectivity index (χ2v) is 5.82. The summed E-state index contributed by atoms with van der Waals surface area (Å²) in [7, 11) is 0. The summed E-state index contributed by atoms with van der Waals surface area (Å²) < 4.78 is 0. The van der Waals surface area contributed by atoms with E-state index < -0.39 is 0 Å². The number of carbonyl (C=O) groups is 1. The molecule has 0 radical (unpaired) electrons. The Balaban J connectivity index is 1.80. The average Bonchev–Trinajstić information content (AvgIpc) is 2.51. The van der Waals surface area contributed by atoms with E-state index in [1.54, 1.807) is 6.07 Å². The van der Waals surface area contributed by atoms with Crippen LogP contribution in [-0.2, 0) is 11.2 Å². The fourth-order valence-electron chi connectivity index (χ4n) is 2.33. The Bertz CT molecular complexity index is 893. The summed E-state index contributed by atoms with van der Waals surface area (Å²) in [5, 5.41) is 3.47. The quantitative estimate of drug-likeness (QED) is 0.789. The Kier molecular flexibility index (Phi) is 4.26. The van der Waals surface area contributed by atoms with Crippen LogP contribution in [0.15, 0.2) is 42.5 Å². The van der Waals surface area contributed by atoms with Gasteiger partial charge in [0.1, 0.15) is 0 Å². The molecule has 1 N–H and O–H groups in total. The van der Waals surface area contributed by atoms with Crippen LogP contribution in [0.5, 0.6) is 0 Å². The highest BCUT2D eigenvalue weighted by molar-refractivity contribution is 6.31. The molecule has 2 aromatic carbocycles. The van der Waals surface area contributed by atoms with E-state index in [1.165, 1.54) is 0 Å². The van der Waals surface area contributed by atoms with Crippen LogP contribution < -0.4 is 5.32 Å². The molecule has 3 aromatic rings. The molecule has 23 heavy (non-hydrogen) atoms. The van der Waals surface area contributed by atoms with Crippen LogP contribution in [0.4, 0.5) is 5.69 Å². The number of anilines is 1. The molecule has 0 unspecified atom stereocenters. The van der Waals surface area contributed by atoms with Crippen LogP contribution in [0.3, 0.4) is 0 Å². The lowest BCUT2D eigenvalue weighted by Gasteiger charge is -2.08. The lowest BCUT2D eigenvalue weighted by atomic mass is 10.1. The predicted octanol–water partition coefficient (Wildman–Crippen LogP) is 4.08. The lowest BCUT2D eigenvalue weighted by molar-refractivity contribution is -0.115. The van der Waals surface area contributed by atoms with Gasteiger partial charge in [0, 0.05) is 10.7 Å². The molecule has 1 heterocycles. The minimum atomic E-state index is -0.116. The number of aromatic nitrogens is 2. The Morgan fingerprint density at radius 3 is 2.48 bits per heavy atom. The number of hydrogen-bond donors (Lipinski definition) is 1. The van der Waals surface area contributed by atoms with Gasteiger partial charge >= 0.3 is 0 Å². The van der Waals surface area contributed by atoms with Gasteiger partial charge in [0.05, 0.1) is 28.8 Å². The van der Waals surface area contributed by atoms with Gasteiger partial charge in [0.2, 0.25) is 5.91 Å². The molecular weight excluding hydrogens is 310 g/mol. The zero-order valence-corrected chi connectivity index (χ0v) is 13.7. The summed E-state index contributed by atoms with van der Waals surface area (Å²) in [6.45, 7) is 3.85. The second kappa shape index (κ2) is 6.34. The first-order valence-electron chi connectivity index (χ1n) is 7.31. The molecule has 0 aliphatic carbocycles. The number of nitrogens with one attached hydrogen (secondary N) is 1. The first kappa shape index (κ1) is 15.4. The summed E-state index contributed by atoms with van der Waals surface area (Å²) >= 11 is 6.08. The Labute approximate surface area is 139 Å². The van der Waals surface area contributed by atoms with E-state index in [9.17, 15) is 4.79 Å². The van der Waals surface area contributed by atoms with Gasteiger partial charge < -0.3 is 5.32 Å². The van der Waals surface area contributed by atoms with Crippen molar-refractivity contribution in [3.05, 3.63) is 64.4 Å². The minimum absolute atomic E-state index is 0.116. The van der Waals surface area contributed by atoms with Gasteiger partial charge in [-0.2, -0.15) is 0 Å². The van der Waals surface area contributed by atoms with E-state index in [0.29, 0.717) is 10.7 Å². The zero-order valence-electron chi connectivity index (χ0n) is 12.9. The van der Waals surface area contributed by atoms with Crippen LogP contribution in [0.2, 0.25) is 5.02 Å². The molecule has 4 nitrogen and oxygen atoms in total.